The number of hydrogen-bond donors (Lipinski definition) is 1. The highest BCUT2D eigenvalue weighted by Crippen LogP contribution is 2.00. The first-order valence-electron chi connectivity index (χ1n) is 4.94. The SMILES string of the molecule is C=C(C)OC(C)CC.CCC(C)O. The van der Waals surface area contributed by atoms with Crippen molar-refractivity contribution in [2.45, 2.75) is 59.7 Å². The van der Waals surface area contributed by atoms with Crippen molar-refractivity contribution in [1.82, 2.24) is 0 Å². The molecule has 0 spiro atoms. The number of aliphatic hydroxyl groups excluding tert-OH is 1. The van der Waals surface area contributed by atoms with E-state index in [1.54, 1.807) is 6.92 Å². The van der Waals surface area contributed by atoms with Crippen molar-refractivity contribution in [2.24, 2.45) is 0 Å². The van der Waals surface area contributed by atoms with Crippen LogP contribution in [0.15, 0.2) is 12.3 Å². The van der Waals surface area contributed by atoms with Crippen LogP contribution in [0.3, 0.4) is 0 Å². The summed E-state index contributed by atoms with van der Waals surface area (Å²) in [5, 5.41) is 8.36. The van der Waals surface area contributed by atoms with E-state index in [1.165, 1.54) is 0 Å². The minimum atomic E-state index is -0.116. The molecular weight excluding hydrogens is 164 g/mol. The fourth-order valence-electron chi connectivity index (χ4n) is 0.427. The number of allylic oxidation sites excluding steroid dienone is 1. The van der Waals surface area contributed by atoms with Gasteiger partial charge in [-0.05, 0) is 33.6 Å². The second kappa shape index (κ2) is 9.59. The molecule has 0 aliphatic rings. The lowest BCUT2D eigenvalue weighted by atomic mass is 10.3. The second-order valence-electron chi connectivity index (χ2n) is 3.30. The molecule has 2 atom stereocenters. The molecule has 13 heavy (non-hydrogen) atoms. The molecule has 1 N–H and O–H groups in total. The molecular formula is C11H24O2. The Morgan fingerprint density at radius 2 is 1.69 bits per heavy atom. The van der Waals surface area contributed by atoms with Crippen molar-refractivity contribution >= 4 is 0 Å². The summed E-state index contributed by atoms with van der Waals surface area (Å²) >= 11 is 0. The first-order valence-corrected chi connectivity index (χ1v) is 4.94. The molecule has 0 aliphatic heterocycles. The monoisotopic (exact) mass is 188 g/mol. The number of aliphatic hydroxyl groups is 1. The average molecular weight is 188 g/mol. The maximum Gasteiger partial charge on any atom is 0.0951 e. The number of rotatable bonds is 4. The normalized spacial score (nSPS) is 13.7. The maximum atomic E-state index is 8.36. The molecule has 0 saturated heterocycles. The van der Waals surface area contributed by atoms with Gasteiger partial charge in [0.05, 0.1) is 18.0 Å². The van der Waals surface area contributed by atoms with Crippen LogP contribution in [0.1, 0.15) is 47.5 Å². The number of ether oxygens (including phenoxy) is 1. The van der Waals surface area contributed by atoms with E-state index in [1.807, 2.05) is 20.8 Å². The molecule has 0 bridgehead atoms. The Bertz CT molecular complexity index is 119. The molecule has 0 amide bonds. The van der Waals surface area contributed by atoms with Gasteiger partial charge in [0, 0.05) is 0 Å². The summed E-state index contributed by atoms with van der Waals surface area (Å²) in [6, 6.07) is 0. The molecule has 0 aromatic rings. The topological polar surface area (TPSA) is 29.5 Å². The van der Waals surface area contributed by atoms with Crippen molar-refractivity contribution in [2.75, 3.05) is 0 Å². The largest absolute Gasteiger partial charge is 0.496 e. The summed E-state index contributed by atoms with van der Waals surface area (Å²) in [5.74, 6) is 0.805. The van der Waals surface area contributed by atoms with Crippen LogP contribution < -0.4 is 0 Å². The van der Waals surface area contributed by atoms with Crippen LogP contribution in [0.25, 0.3) is 0 Å². The second-order valence-corrected chi connectivity index (χ2v) is 3.30. The van der Waals surface area contributed by atoms with Gasteiger partial charge in [-0.1, -0.05) is 20.4 Å². The minimum absolute atomic E-state index is 0.116. The molecule has 0 saturated carbocycles. The lowest BCUT2D eigenvalue weighted by molar-refractivity contribution is 0.131. The Labute approximate surface area is 82.6 Å². The molecule has 0 aromatic carbocycles. The Kier molecular flexibility index (Phi) is 11.1. The van der Waals surface area contributed by atoms with Gasteiger partial charge >= 0.3 is 0 Å². The summed E-state index contributed by atoms with van der Waals surface area (Å²) in [7, 11) is 0. The molecule has 0 aromatic heterocycles. The van der Waals surface area contributed by atoms with Gasteiger partial charge in [0.1, 0.15) is 0 Å². The van der Waals surface area contributed by atoms with Crippen molar-refractivity contribution in [3.8, 4) is 0 Å². The van der Waals surface area contributed by atoms with Crippen molar-refractivity contribution in [1.29, 1.82) is 0 Å². The van der Waals surface area contributed by atoms with Gasteiger partial charge in [-0.3, -0.25) is 0 Å². The lowest BCUT2D eigenvalue weighted by Crippen LogP contribution is -2.03. The first-order chi connectivity index (χ1) is 5.93. The van der Waals surface area contributed by atoms with E-state index in [0.717, 1.165) is 18.6 Å². The highest BCUT2D eigenvalue weighted by Gasteiger charge is 1.95. The third-order valence-corrected chi connectivity index (χ3v) is 1.57. The molecule has 2 heteroatoms. The fourth-order valence-corrected chi connectivity index (χ4v) is 0.427. The zero-order chi connectivity index (χ0) is 10.9. The molecule has 0 heterocycles. The smallest absolute Gasteiger partial charge is 0.0951 e. The van der Waals surface area contributed by atoms with E-state index in [-0.39, 0.29) is 6.10 Å². The zero-order valence-corrected chi connectivity index (χ0v) is 9.63. The highest BCUT2D eigenvalue weighted by molar-refractivity contribution is 4.74. The van der Waals surface area contributed by atoms with E-state index >= 15 is 0 Å². The summed E-state index contributed by atoms with van der Waals surface area (Å²) in [6.07, 6.45) is 2.12. The van der Waals surface area contributed by atoms with E-state index in [0.29, 0.717) is 6.10 Å². The van der Waals surface area contributed by atoms with Crippen molar-refractivity contribution in [3.05, 3.63) is 12.3 Å². The Balaban J connectivity index is 0. The molecule has 2 nitrogen and oxygen atoms in total. The van der Waals surface area contributed by atoms with Gasteiger partial charge in [0.15, 0.2) is 0 Å². The average Bonchev–Trinajstić information content (AvgIpc) is 2.04. The molecule has 80 valence electrons. The quantitative estimate of drug-likeness (QED) is 0.687. The van der Waals surface area contributed by atoms with Gasteiger partial charge in [0.25, 0.3) is 0 Å². The van der Waals surface area contributed by atoms with Gasteiger partial charge in [-0.15, -0.1) is 0 Å². The van der Waals surface area contributed by atoms with Crippen LogP contribution in [0.4, 0.5) is 0 Å². The zero-order valence-electron chi connectivity index (χ0n) is 9.63. The molecule has 0 fully saturated rings. The molecule has 0 radical (unpaired) electrons. The molecule has 0 rings (SSSR count). The van der Waals surface area contributed by atoms with Crippen LogP contribution in [0.2, 0.25) is 0 Å². The van der Waals surface area contributed by atoms with Gasteiger partial charge in [-0.2, -0.15) is 0 Å². The van der Waals surface area contributed by atoms with Crippen LogP contribution in [-0.4, -0.2) is 17.3 Å². The minimum Gasteiger partial charge on any atom is -0.496 e. The van der Waals surface area contributed by atoms with E-state index in [4.69, 9.17) is 9.84 Å². The summed E-state index contributed by atoms with van der Waals surface area (Å²) in [5.41, 5.74) is 0. The predicted octanol–water partition coefficient (Wildman–Crippen LogP) is 3.11. The summed E-state index contributed by atoms with van der Waals surface area (Å²) < 4.78 is 5.20. The molecule has 0 aliphatic carbocycles. The van der Waals surface area contributed by atoms with Crippen molar-refractivity contribution < 1.29 is 9.84 Å². The van der Waals surface area contributed by atoms with Gasteiger partial charge in [-0.25, -0.2) is 0 Å². The van der Waals surface area contributed by atoms with Crippen LogP contribution >= 0.6 is 0 Å². The maximum absolute atomic E-state index is 8.36. The number of hydrogen-bond acceptors (Lipinski definition) is 2. The fraction of sp³-hybridized carbons (Fsp3) is 0.818. The van der Waals surface area contributed by atoms with Crippen LogP contribution in [0, 0.1) is 0 Å². The van der Waals surface area contributed by atoms with E-state index in [9.17, 15) is 0 Å². The summed E-state index contributed by atoms with van der Waals surface area (Å²) in [4.78, 5) is 0. The highest BCUT2D eigenvalue weighted by atomic mass is 16.5. The molecule has 2 unspecified atom stereocenters. The van der Waals surface area contributed by atoms with Gasteiger partial charge in [0.2, 0.25) is 0 Å². The first kappa shape index (κ1) is 15.0. The third-order valence-electron chi connectivity index (χ3n) is 1.57. The summed E-state index contributed by atoms with van der Waals surface area (Å²) in [6.45, 7) is 13.3. The Morgan fingerprint density at radius 3 is 1.77 bits per heavy atom. The van der Waals surface area contributed by atoms with E-state index in [2.05, 4.69) is 13.5 Å². The van der Waals surface area contributed by atoms with Crippen LogP contribution in [0.5, 0.6) is 0 Å². The van der Waals surface area contributed by atoms with E-state index < -0.39 is 0 Å². The lowest BCUT2D eigenvalue weighted by Gasteiger charge is -2.10. The van der Waals surface area contributed by atoms with Gasteiger partial charge < -0.3 is 9.84 Å². The standard InChI is InChI=1S/C7H14O.C4H10O/c1-5-7(4)8-6(2)3;1-3-4(2)5/h7H,2,5H2,1,3-4H3;4-5H,3H2,1-2H3. The van der Waals surface area contributed by atoms with Crippen LogP contribution in [-0.2, 0) is 4.74 Å². The third kappa shape index (κ3) is 18.5. The van der Waals surface area contributed by atoms with Crippen molar-refractivity contribution in [3.63, 3.8) is 0 Å². The Morgan fingerprint density at radius 1 is 1.31 bits per heavy atom. The predicted molar refractivity (Wildman–Crippen MR) is 57.6 cm³/mol. The Hall–Kier alpha value is -0.500.